The normalized spacial score (nSPS) is 25.4. The molecule has 0 aliphatic carbocycles. The Hall–Kier alpha value is -2.70. The van der Waals surface area contributed by atoms with Crippen molar-refractivity contribution in [3.63, 3.8) is 0 Å². The number of anilines is 1. The molecule has 5 rings (SSSR count). The van der Waals surface area contributed by atoms with Crippen molar-refractivity contribution in [2.24, 2.45) is 10.9 Å². The summed E-state index contributed by atoms with van der Waals surface area (Å²) < 4.78 is 0. The third-order valence-electron chi connectivity index (χ3n) is 5.32. The molecule has 1 aromatic heterocycles. The Morgan fingerprint density at radius 3 is 2.28 bits per heavy atom. The first kappa shape index (κ1) is 18.3. The van der Waals surface area contributed by atoms with Crippen LogP contribution < -0.4 is 4.90 Å². The van der Waals surface area contributed by atoms with Gasteiger partial charge >= 0.3 is 0 Å². The van der Waals surface area contributed by atoms with Gasteiger partial charge in [-0.2, -0.15) is 0 Å². The minimum Gasteiger partial charge on any atom is -0.274 e. The van der Waals surface area contributed by atoms with Gasteiger partial charge in [0.25, 0.3) is 0 Å². The number of thioether (sulfide) groups is 1. The Morgan fingerprint density at radius 2 is 1.59 bits per heavy atom. The topological polar surface area (TPSA) is 49.7 Å². The van der Waals surface area contributed by atoms with E-state index >= 15 is 0 Å². The minimum absolute atomic E-state index is 0.0334. The second kappa shape index (κ2) is 7.61. The van der Waals surface area contributed by atoms with Gasteiger partial charge in [-0.15, -0.1) is 11.3 Å². The summed E-state index contributed by atoms with van der Waals surface area (Å²) in [6.07, 6.45) is 0.670. The second-order valence-corrected chi connectivity index (χ2v) is 9.27. The van der Waals surface area contributed by atoms with E-state index in [1.807, 2.05) is 72.1 Å². The first-order valence-corrected chi connectivity index (χ1v) is 11.2. The van der Waals surface area contributed by atoms with Gasteiger partial charge in [-0.1, -0.05) is 54.2 Å². The molecular formula is C23H18N2O2S2. The highest BCUT2D eigenvalue weighted by Gasteiger charge is 2.55. The molecule has 144 valence electrons. The minimum atomic E-state index is -0.439. The largest absolute Gasteiger partial charge is 0.274 e. The molecule has 2 aliphatic heterocycles. The quantitative estimate of drug-likeness (QED) is 0.546. The molecule has 0 bridgehead atoms. The first-order valence-electron chi connectivity index (χ1n) is 9.48. The number of fused-ring (bicyclic) bond motifs is 1. The predicted octanol–water partition coefficient (Wildman–Crippen LogP) is 5.26. The van der Waals surface area contributed by atoms with E-state index in [0.29, 0.717) is 12.1 Å². The molecule has 2 amide bonds. The van der Waals surface area contributed by atoms with Gasteiger partial charge in [0.15, 0.2) is 0 Å². The molecule has 0 N–H and O–H groups in total. The standard InChI is InChI=1S/C23H18N2O2S2/c26-22-20-17(18-12-7-13-28-18)14-19(24-15-8-3-1-4-9-15)29-21(20)23(27)25(22)16-10-5-2-6-11-16/h1-13,17,20-21H,14H2/t17-,20-,21+/m0/s1. The van der Waals surface area contributed by atoms with Crippen LogP contribution in [0.5, 0.6) is 0 Å². The van der Waals surface area contributed by atoms with Crippen molar-refractivity contribution in [2.75, 3.05) is 4.90 Å². The summed E-state index contributed by atoms with van der Waals surface area (Å²) in [4.78, 5) is 34.0. The molecule has 2 fully saturated rings. The van der Waals surface area contributed by atoms with E-state index in [2.05, 4.69) is 6.07 Å². The zero-order valence-electron chi connectivity index (χ0n) is 15.5. The van der Waals surface area contributed by atoms with E-state index in [-0.39, 0.29) is 23.7 Å². The maximum Gasteiger partial charge on any atom is 0.248 e. The molecule has 3 aromatic rings. The highest BCUT2D eigenvalue weighted by molar-refractivity contribution is 8.15. The van der Waals surface area contributed by atoms with Crippen molar-refractivity contribution in [1.29, 1.82) is 0 Å². The Balaban J connectivity index is 1.55. The maximum absolute atomic E-state index is 13.4. The second-order valence-electron chi connectivity index (χ2n) is 7.08. The van der Waals surface area contributed by atoms with E-state index in [0.717, 1.165) is 15.6 Å². The van der Waals surface area contributed by atoms with Gasteiger partial charge in [0.2, 0.25) is 11.8 Å². The number of rotatable bonds is 3. The number of thiophene rings is 1. The number of aliphatic imine (C=N–C) groups is 1. The molecule has 0 radical (unpaired) electrons. The van der Waals surface area contributed by atoms with E-state index in [1.54, 1.807) is 11.3 Å². The van der Waals surface area contributed by atoms with Crippen LogP contribution in [0.3, 0.4) is 0 Å². The van der Waals surface area contributed by atoms with Crippen molar-refractivity contribution < 1.29 is 9.59 Å². The lowest BCUT2D eigenvalue weighted by Gasteiger charge is -2.30. The first-order chi connectivity index (χ1) is 14.2. The molecule has 3 atom stereocenters. The Bertz CT molecular complexity index is 1060. The highest BCUT2D eigenvalue weighted by Crippen LogP contribution is 2.49. The third-order valence-corrected chi connectivity index (χ3v) is 7.60. The van der Waals surface area contributed by atoms with Crippen LogP contribution in [0.25, 0.3) is 0 Å². The lowest BCUT2D eigenvalue weighted by molar-refractivity contribution is -0.122. The van der Waals surface area contributed by atoms with Gasteiger partial charge in [-0.25, -0.2) is 9.89 Å². The van der Waals surface area contributed by atoms with Crippen molar-refractivity contribution in [3.05, 3.63) is 83.1 Å². The summed E-state index contributed by atoms with van der Waals surface area (Å²) in [5.41, 5.74) is 1.51. The SMILES string of the molecule is O=C1[C@@H]2[C@@H](SC(=Nc3ccccc3)C[C@H]2c2cccs2)C(=O)N1c1ccccc1. The zero-order chi connectivity index (χ0) is 19.8. The van der Waals surface area contributed by atoms with Gasteiger partial charge in [0.1, 0.15) is 5.25 Å². The predicted molar refractivity (Wildman–Crippen MR) is 119 cm³/mol. The molecule has 3 heterocycles. The van der Waals surface area contributed by atoms with Crippen LogP contribution in [-0.4, -0.2) is 22.1 Å². The van der Waals surface area contributed by atoms with E-state index in [1.165, 1.54) is 16.7 Å². The lowest BCUT2D eigenvalue weighted by atomic mass is 9.86. The molecule has 0 saturated carbocycles. The van der Waals surface area contributed by atoms with Crippen LogP contribution in [0.2, 0.25) is 0 Å². The number of benzene rings is 2. The smallest absolute Gasteiger partial charge is 0.248 e. The fraction of sp³-hybridized carbons (Fsp3) is 0.174. The monoisotopic (exact) mass is 418 g/mol. The molecule has 0 spiro atoms. The summed E-state index contributed by atoms with van der Waals surface area (Å²) >= 11 is 3.09. The van der Waals surface area contributed by atoms with Gasteiger partial charge < -0.3 is 0 Å². The Kier molecular flexibility index (Phi) is 4.81. The molecule has 2 aromatic carbocycles. The summed E-state index contributed by atoms with van der Waals surface area (Å²) in [5.74, 6) is -0.635. The summed E-state index contributed by atoms with van der Waals surface area (Å²) in [5, 5.41) is 2.49. The van der Waals surface area contributed by atoms with E-state index in [4.69, 9.17) is 4.99 Å². The number of hydrogen-bond donors (Lipinski definition) is 0. The maximum atomic E-state index is 13.4. The van der Waals surface area contributed by atoms with Crippen LogP contribution >= 0.6 is 23.1 Å². The third kappa shape index (κ3) is 3.32. The number of imide groups is 1. The van der Waals surface area contributed by atoms with Gasteiger partial charge in [-0.05, 0) is 35.7 Å². The van der Waals surface area contributed by atoms with Crippen LogP contribution in [0.1, 0.15) is 17.2 Å². The number of nitrogens with zero attached hydrogens (tertiary/aromatic N) is 2. The number of carbonyl (C=O) groups excluding carboxylic acids is 2. The van der Waals surface area contributed by atoms with Crippen molar-refractivity contribution in [1.82, 2.24) is 0 Å². The van der Waals surface area contributed by atoms with Crippen LogP contribution in [0.15, 0.2) is 83.2 Å². The molecule has 2 aliphatic rings. The lowest BCUT2D eigenvalue weighted by Crippen LogP contribution is -2.33. The van der Waals surface area contributed by atoms with Gasteiger partial charge in [0, 0.05) is 17.2 Å². The highest BCUT2D eigenvalue weighted by atomic mass is 32.2. The van der Waals surface area contributed by atoms with E-state index < -0.39 is 5.25 Å². The molecule has 29 heavy (non-hydrogen) atoms. The van der Waals surface area contributed by atoms with Crippen molar-refractivity contribution in [2.45, 2.75) is 17.6 Å². The molecule has 4 nitrogen and oxygen atoms in total. The summed E-state index contributed by atoms with van der Waals surface area (Å²) in [7, 11) is 0. The number of carbonyl (C=O) groups is 2. The van der Waals surface area contributed by atoms with Crippen LogP contribution in [0.4, 0.5) is 11.4 Å². The number of hydrogen-bond acceptors (Lipinski definition) is 5. The average Bonchev–Trinajstić information content (AvgIpc) is 3.37. The molecular weight excluding hydrogens is 400 g/mol. The van der Waals surface area contributed by atoms with Gasteiger partial charge in [-0.3, -0.25) is 9.59 Å². The zero-order valence-corrected chi connectivity index (χ0v) is 17.1. The van der Waals surface area contributed by atoms with Crippen LogP contribution in [-0.2, 0) is 9.59 Å². The average molecular weight is 419 g/mol. The summed E-state index contributed by atoms with van der Waals surface area (Å²) in [6, 6.07) is 23.1. The fourth-order valence-electron chi connectivity index (χ4n) is 4.01. The Morgan fingerprint density at radius 1 is 0.862 bits per heavy atom. The van der Waals surface area contributed by atoms with E-state index in [9.17, 15) is 9.59 Å². The van der Waals surface area contributed by atoms with Crippen molar-refractivity contribution in [3.8, 4) is 0 Å². The van der Waals surface area contributed by atoms with Crippen molar-refractivity contribution >= 4 is 51.3 Å². The molecule has 2 saturated heterocycles. The summed E-state index contributed by atoms with van der Waals surface area (Å²) in [6.45, 7) is 0. The fourth-order valence-corrected chi connectivity index (χ4v) is 6.28. The number of amides is 2. The molecule has 0 unspecified atom stereocenters. The molecule has 6 heteroatoms. The Labute approximate surface area is 177 Å². The van der Waals surface area contributed by atoms with Gasteiger partial charge in [0.05, 0.1) is 22.3 Å². The number of para-hydroxylation sites is 2. The van der Waals surface area contributed by atoms with Crippen LogP contribution in [0, 0.1) is 5.92 Å².